The van der Waals surface area contributed by atoms with Crippen molar-refractivity contribution >= 4 is 5.69 Å². The highest BCUT2D eigenvalue weighted by Crippen LogP contribution is 2.63. The Labute approximate surface area is 187 Å². The van der Waals surface area contributed by atoms with Crippen molar-refractivity contribution in [2.45, 2.75) is 60.7 Å². The molecule has 1 atom stereocenters. The van der Waals surface area contributed by atoms with Crippen LogP contribution in [-0.2, 0) is 5.60 Å². The molecule has 0 heterocycles. The van der Waals surface area contributed by atoms with Gasteiger partial charge in [-0.2, -0.15) is 65.9 Å². The van der Waals surface area contributed by atoms with E-state index in [-0.39, 0.29) is 5.69 Å². The predicted molar refractivity (Wildman–Crippen MR) is 90.7 cm³/mol. The van der Waals surface area contributed by atoms with E-state index in [1.165, 1.54) is 25.1 Å². The van der Waals surface area contributed by atoms with Gasteiger partial charge >= 0.3 is 41.7 Å². The molecule has 0 saturated heterocycles. The summed E-state index contributed by atoms with van der Waals surface area (Å²) in [5.74, 6) is -47.1. The van der Waals surface area contributed by atoms with Crippen molar-refractivity contribution in [2.24, 2.45) is 0 Å². The minimum Gasteiger partial charge on any atom is -0.385 e. The summed E-state index contributed by atoms with van der Waals surface area (Å²) in [4.78, 5) is 1.30. The summed E-state index contributed by atoms with van der Waals surface area (Å²) in [5.41, 5.74) is -3.80. The third-order valence-electron chi connectivity index (χ3n) is 4.94. The minimum atomic E-state index is -8.36. The van der Waals surface area contributed by atoms with Gasteiger partial charge in [-0.3, -0.25) is 0 Å². The van der Waals surface area contributed by atoms with Crippen LogP contribution >= 0.6 is 0 Å². The lowest BCUT2D eigenvalue weighted by Crippen LogP contribution is -2.72. The van der Waals surface area contributed by atoms with Gasteiger partial charge in [0.25, 0.3) is 0 Å². The fourth-order valence-electron chi connectivity index (χ4n) is 2.76. The highest BCUT2D eigenvalue weighted by Gasteiger charge is 2.93. The van der Waals surface area contributed by atoms with Gasteiger partial charge in [-0.05, 0) is 24.6 Å². The molecule has 204 valence electrons. The first kappa shape index (κ1) is 31.0. The van der Waals surface area contributed by atoms with Crippen LogP contribution < -0.4 is 4.90 Å². The molecular weight excluding hydrogens is 531 g/mol. The fourth-order valence-corrected chi connectivity index (χ4v) is 2.76. The smallest absolute Gasteiger partial charge is 0.385 e. The predicted octanol–water partition coefficient (Wildman–Crippen LogP) is 6.72. The van der Waals surface area contributed by atoms with Crippen LogP contribution in [0.4, 0.5) is 71.5 Å². The van der Waals surface area contributed by atoms with Crippen LogP contribution in [0, 0.1) is 0 Å². The average Bonchev–Trinajstić information content (AvgIpc) is 2.65. The summed E-state index contributed by atoms with van der Waals surface area (Å²) in [6.45, 7) is 0.328. The Morgan fingerprint density at radius 1 is 0.657 bits per heavy atom. The zero-order valence-electron chi connectivity index (χ0n) is 17.6. The fraction of sp³-hybridized carbons (Fsp3) is 0.667. The van der Waals surface area contributed by atoms with Gasteiger partial charge in [0.1, 0.15) is 0 Å². The molecule has 1 aromatic rings. The second-order valence-electron chi connectivity index (χ2n) is 7.97. The summed E-state index contributed by atoms with van der Waals surface area (Å²) in [7, 11) is 2.77. The number of alkyl halides is 15. The molecule has 17 heteroatoms. The first-order chi connectivity index (χ1) is 15.1. The molecule has 35 heavy (non-hydrogen) atoms. The summed E-state index contributed by atoms with van der Waals surface area (Å²) in [6.07, 6.45) is -10.5. The van der Waals surface area contributed by atoms with E-state index in [4.69, 9.17) is 0 Å². The second-order valence-corrected chi connectivity index (χ2v) is 7.97. The van der Waals surface area contributed by atoms with E-state index in [1.807, 2.05) is 0 Å². The summed E-state index contributed by atoms with van der Waals surface area (Å²) >= 11 is 0. The molecule has 0 aliphatic carbocycles. The van der Waals surface area contributed by atoms with Crippen LogP contribution in [0.5, 0.6) is 0 Å². The highest BCUT2D eigenvalue weighted by atomic mass is 19.4. The third kappa shape index (κ3) is 4.71. The van der Waals surface area contributed by atoms with E-state index in [1.54, 1.807) is 0 Å². The monoisotopic (exact) mass is 547 g/mol. The molecule has 0 bridgehead atoms. The molecule has 0 fully saturated rings. The van der Waals surface area contributed by atoms with Gasteiger partial charge in [0.05, 0.1) is 12.0 Å². The van der Waals surface area contributed by atoms with Gasteiger partial charge in [-0.25, -0.2) is 0 Å². The zero-order valence-corrected chi connectivity index (χ0v) is 17.6. The highest BCUT2D eigenvalue weighted by molar-refractivity contribution is 5.48. The van der Waals surface area contributed by atoms with Gasteiger partial charge in [-0.15, -0.1) is 0 Å². The quantitative estimate of drug-likeness (QED) is 0.347. The van der Waals surface area contributed by atoms with E-state index in [9.17, 15) is 71.0 Å². The Bertz CT molecular complexity index is 905. The maximum Gasteiger partial charge on any atom is 0.460 e. The van der Waals surface area contributed by atoms with E-state index in [2.05, 4.69) is 0 Å². The van der Waals surface area contributed by atoms with Crippen molar-refractivity contribution in [3.63, 3.8) is 0 Å². The van der Waals surface area contributed by atoms with Crippen LogP contribution in [0.1, 0.15) is 18.9 Å². The van der Waals surface area contributed by atoms with Crippen molar-refractivity contribution in [3.8, 4) is 0 Å². The maximum atomic E-state index is 14.2. The summed E-state index contributed by atoms with van der Waals surface area (Å²) < 4.78 is 200. The maximum absolute atomic E-state index is 14.2. The Hall–Kier alpha value is -2.07. The normalized spacial score (nSPS) is 16.8. The molecule has 0 amide bonds. The SMILES string of the molecule is CN(C)c1cccc(C(C)(O)CC(F)(F)C(F)(F)C(F)(F)C(F)(F)C(F)(F)C(F)(F)C(F)(F)F)c1. The first-order valence-corrected chi connectivity index (χ1v) is 8.95. The van der Waals surface area contributed by atoms with Gasteiger partial charge in [0.2, 0.25) is 0 Å². The van der Waals surface area contributed by atoms with Gasteiger partial charge in [-0.1, -0.05) is 12.1 Å². The molecule has 0 spiro atoms. The third-order valence-corrected chi connectivity index (χ3v) is 4.94. The van der Waals surface area contributed by atoms with E-state index < -0.39 is 59.3 Å². The molecule has 0 radical (unpaired) electrons. The van der Waals surface area contributed by atoms with Crippen molar-refractivity contribution in [1.29, 1.82) is 0 Å². The first-order valence-electron chi connectivity index (χ1n) is 8.95. The second kappa shape index (κ2) is 8.50. The van der Waals surface area contributed by atoms with Crippen molar-refractivity contribution in [3.05, 3.63) is 29.8 Å². The molecule has 1 rings (SSSR count). The van der Waals surface area contributed by atoms with Crippen LogP contribution in [0.25, 0.3) is 0 Å². The average molecular weight is 547 g/mol. The van der Waals surface area contributed by atoms with Crippen molar-refractivity contribution < 1.29 is 71.0 Å². The van der Waals surface area contributed by atoms with Crippen molar-refractivity contribution in [2.75, 3.05) is 19.0 Å². The molecule has 0 aromatic heterocycles. The number of anilines is 1. The lowest BCUT2D eigenvalue weighted by atomic mass is 9.83. The number of hydrogen-bond donors (Lipinski definition) is 1. The Kier molecular flexibility index (Phi) is 7.52. The standard InChI is InChI=1S/C18H16F15NO/c1-11(35,9-5-4-6-10(7-9)34(2)3)8-12(19,20)13(21,22)14(23,24)15(25,26)16(27,28)17(29,30)18(31,32)33/h4-7,35H,8H2,1-3H3. The summed E-state index contributed by atoms with van der Waals surface area (Å²) in [6, 6.07) is 4.05. The number of hydrogen-bond acceptors (Lipinski definition) is 2. The van der Waals surface area contributed by atoms with E-state index >= 15 is 0 Å². The molecule has 0 aliphatic heterocycles. The summed E-state index contributed by atoms with van der Waals surface area (Å²) in [5, 5.41) is 10.2. The molecular formula is C18H16F15NO. The number of rotatable bonds is 9. The van der Waals surface area contributed by atoms with E-state index in [0.29, 0.717) is 6.92 Å². The molecule has 0 saturated carbocycles. The van der Waals surface area contributed by atoms with Crippen LogP contribution in [0.3, 0.4) is 0 Å². The molecule has 1 aromatic carbocycles. The molecule has 0 aliphatic rings. The van der Waals surface area contributed by atoms with Crippen LogP contribution in [-0.4, -0.2) is 60.9 Å². The van der Waals surface area contributed by atoms with E-state index in [0.717, 1.165) is 18.2 Å². The minimum absolute atomic E-state index is 0.128. The largest absolute Gasteiger partial charge is 0.460 e. The van der Waals surface area contributed by atoms with Crippen LogP contribution in [0.2, 0.25) is 0 Å². The Morgan fingerprint density at radius 2 is 1.06 bits per heavy atom. The van der Waals surface area contributed by atoms with Crippen molar-refractivity contribution in [1.82, 2.24) is 0 Å². The van der Waals surface area contributed by atoms with Crippen LogP contribution in [0.15, 0.2) is 24.3 Å². The zero-order chi connectivity index (χ0) is 28.3. The number of nitrogens with zero attached hydrogens (tertiary/aromatic N) is 1. The molecule has 2 nitrogen and oxygen atoms in total. The molecule has 1 N–H and O–H groups in total. The topological polar surface area (TPSA) is 23.5 Å². The molecule has 1 unspecified atom stereocenters. The van der Waals surface area contributed by atoms with Gasteiger partial charge in [0.15, 0.2) is 0 Å². The number of halogens is 15. The Morgan fingerprint density at radius 3 is 1.46 bits per heavy atom. The Balaban J connectivity index is 3.55. The lowest BCUT2D eigenvalue weighted by molar-refractivity contribution is -0.453. The number of benzene rings is 1. The van der Waals surface area contributed by atoms with Gasteiger partial charge < -0.3 is 10.0 Å². The lowest BCUT2D eigenvalue weighted by Gasteiger charge is -2.42. The van der Waals surface area contributed by atoms with Gasteiger partial charge in [0, 0.05) is 19.8 Å². The number of aliphatic hydroxyl groups is 1.